The molecular formula is C116H167N13O13P2. The summed E-state index contributed by atoms with van der Waals surface area (Å²) >= 11 is 0. The van der Waals surface area contributed by atoms with Gasteiger partial charge in [-0.05, 0) is 244 Å². The van der Waals surface area contributed by atoms with Gasteiger partial charge in [-0.3, -0.25) is 62.7 Å². The Labute approximate surface area is 860 Å². The van der Waals surface area contributed by atoms with Crippen molar-refractivity contribution in [2.24, 2.45) is 106 Å². The Balaban J connectivity index is 0.000000164. The average Bonchev–Trinajstić information content (AvgIpc) is 0.728. The molecule has 15 atom stereocenters. The Kier molecular flexibility index (Phi) is 48.1. The maximum Gasteiger partial charge on any atom is 0.303 e. The molecule has 144 heavy (non-hydrogen) atoms. The van der Waals surface area contributed by atoms with Gasteiger partial charge in [0.05, 0.1) is 36.4 Å². The topological polar surface area (TPSA) is 338 Å². The minimum absolute atomic E-state index is 0.0564. The number of carboxylic acid groups (broad SMARTS) is 1. The highest BCUT2D eigenvalue weighted by Gasteiger charge is 2.56. The quantitative estimate of drug-likeness (QED) is 0.0235. The van der Waals surface area contributed by atoms with Gasteiger partial charge < -0.3 is 60.2 Å². The minimum atomic E-state index is -2.60. The zero-order valence-electron chi connectivity index (χ0n) is 88.5. The summed E-state index contributed by atoms with van der Waals surface area (Å²) in [6.07, 6.45) is 19.0. The monoisotopic (exact) mass is 2010 g/mol. The number of nitrogens with one attached hydrogen (secondary N) is 1. The van der Waals surface area contributed by atoms with Crippen LogP contribution in [0.15, 0.2) is 188 Å². The largest absolute Gasteiger partial charge is 0.481 e. The van der Waals surface area contributed by atoms with E-state index in [1.165, 1.54) is 105 Å². The number of nitrogens with zero attached hydrogens (tertiary/aromatic N) is 10. The maximum absolute atomic E-state index is 11.4. The fourth-order valence-corrected chi connectivity index (χ4v) is 25.1. The zero-order chi connectivity index (χ0) is 104. The van der Waals surface area contributed by atoms with E-state index < -0.39 is 13.3 Å². The van der Waals surface area contributed by atoms with Gasteiger partial charge >= 0.3 is 5.97 Å². The number of carbonyl (C=O) groups excluding carboxylic acids is 6. The van der Waals surface area contributed by atoms with E-state index in [9.17, 15) is 38.1 Å². The van der Waals surface area contributed by atoms with Gasteiger partial charge in [-0.25, -0.2) is 0 Å². The van der Waals surface area contributed by atoms with E-state index in [2.05, 4.69) is 200 Å². The molecule has 27 rings (SSSR count). The van der Waals surface area contributed by atoms with Crippen LogP contribution in [0.2, 0.25) is 0 Å². The molecule has 7 aromatic rings. The summed E-state index contributed by atoms with van der Waals surface area (Å²) in [5.74, 6) is 11.8. The molecule has 784 valence electrons. The van der Waals surface area contributed by atoms with Crippen molar-refractivity contribution in [3.63, 3.8) is 0 Å². The number of benzene rings is 6. The van der Waals surface area contributed by atoms with Crippen molar-refractivity contribution in [3.8, 4) is 6.07 Å². The molecule has 0 amide bonds. The first kappa shape index (κ1) is 117. The molecule has 0 spiro atoms. The summed E-state index contributed by atoms with van der Waals surface area (Å²) in [4.78, 5) is 101. The summed E-state index contributed by atoms with van der Waals surface area (Å²) in [5, 5.41) is 21.2. The third-order valence-electron chi connectivity index (χ3n) is 31.1. The fourth-order valence-electron chi connectivity index (χ4n) is 23.6. The van der Waals surface area contributed by atoms with E-state index in [1.807, 2.05) is 67.8 Å². The lowest BCUT2D eigenvalue weighted by molar-refractivity contribution is -0.203. The van der Waals surface area contributed by atoms with Gasteiger partial charge in [0, 0.05) is 213 Å². The van der Waals surface area contributed by atoms with Gasteiger partial charge in [0.25, 0.3) is 0 Å². The van der Waals surface area contributed by atoms with Crippen LogP contribution >= 0.6 is 15.8 Å². The Morgan fingerprint density at radius 2 is 1.00 bits per heavy atom. The van der Waals surface area contributed by atoms with Crippen LogP contribution in [0, 0.1) is 106 Å². The number of carbonyl (C=O) groups is 7. The van der Waals surface area contributed by atoms with Crippen LogP contribution in [0.5, 0.6) is 0 Å². The molecule has 20 fully saturated rings. The molecule has 13 saturated heterocycles. The number of carboxylic acids is 1. The molecule has 14 heterocycles. The highest BCUT2D eigenvalue weighted by atomic mass is 31.2. The number of ketones is 6. The first-order valence-corrected chi connectivity index (χ1v) is 56.1. The third kappa shape index (κ3) is 36.5. The van der Waals surface area contributed by atoms with E-state index in [0.717, 1.165) is 202 Å². The summed E-state index contributed by atoms with van der Waals surface area (Å²) in [6.45, 7) is 40.1. The Hall–Kier alpha value is -8.97. The van der Waals surface area contributed by atoms with E-state index in [0.29, 0.717) is 108 Å². The fraction of sp³-hybridized carbons (Fsp3) is 0.586. The van der Waals surface area contributed by atoms with Gasteiger partial charge in [-0.2, -0.15) is 5.26 Å². The summed E-state index contributed by atoms with van der Waals surface area (Å²) in [6, 6.07) is 58.5. The average molecular weight is 2010 g/mol. The number of aromatic nitrogens is 2. The molecule has 13 unspecified atom stereocenters. The first-order valence-electron chi connectivity index (χ1n) is 52.6. The SMILES string of the molecule is CC(=O)C=C1C2CC1CN(Cc1ccccc1)C2.CC(=O)CC1C2CC1CN(C)C2.CC(=O)CC1C2CNCC1C2.CCN(COC)Cc1ccccc1.CCOP(C)(=O)CC(C)=O.CN1CC2CC(C1)C2CC(=O)O.COC1(C)C2CC1CN(Cc1ccccc1)C2.CP=O.C[C@H]1C[C@@H](N)CN(c2ccc(C#N)c3nccnc23)C1.NCc1ccccc1.O=C1C2CC1CN(Cc1ccccc1)C2.O=C1CCC1. The smallest absolute Gasteiger partial charge is 0.303 e. The van der Waals surface area contributed by atoms with E-state index in [4.69, 9.17) is 40.4 Å². The van der Waals surface area contributed by atoms with Crippen molar-refractivity contribution >= 4 is 73.2 Å². The molecule has 26 nitrogen and oxygen atoms in total. The molecule has 0 radical (unpaired) electrons. The van der Waals surface area contributed by atoms with Crippen LogP contribution in [0.4, 0.5) is 5.69 Å². The van der Waals surface area contributed by atoms with Crippen LogP contribution in [-0.4, -0.2) is 256 Å². The first-order chi connectivity index (χ1) is 69.1. The van der Waals surface area contributed by atoms with Gasteiger partial charge in [-0.1, -0.05) is 171 Å². The highest BCUT2D eigenvalue weighted by Crippen LogP contribution is 2.52. The normalized spacial score (nSPS) is 27.4. The standard InChI is InChI=1S/C16H19NO.C15H17N5.C15H21NO.C13H15NO.C11H17NO.C10H17NO.C9H15NO2.C9H15NO.C7H9N.C6H13O3P.C4H6O.CH3OP/c1-12(18)7-16-14-8-15(16)11-17(10-14)9-13-5-3-2-4-6-13;1-10-6-12(17)9-20(8-10)13-3-2-11(7-16)14-15(13)19-5-4-18-14;1-15(17-2)13-8-14(15)11-16(10-13)9-12-6-4-3-5-7-12;15-13-11-6-12(13)9-14(8-11)7-10-4-2-1-3-5-10;1-3-12(10-13-2)9-11-7-5-4-6-8-11;1-7(12)3-10-8-4-9(10)6-11(2)5-8;1-10-4-6-2-7(5-10)8(6)3-9(11)12;1-6(11)2-9-7-3-8(9)5-10-4-7;8-6-7-4-2-1-3-5-7;1-4-9-10(3,8)5-6(2)7;5-4-2-1-3-4;1-3-2/h2-7,14-15H,8-11H2,1H3;2-5,10,12H,6,8-9,17H2,1H3;3-7,13-14H,8-11H2,1-2H3;1-5,11-12H,6-9H2;4-8H,3,9-10H2,1-2H3;8-10H,3-6H2,1-2H3;6-8H,2-5H2,1H3,(H,11,12);7-10H,2-5H2,1H3;1-5H,6,8H2;4-5H2,1-3H3;1-3H2;1H3/t;10-,12+;;;;;;;;;;/m.0........../s1. The number of methoxy groups -OCH3 is 2. The molecule has 12 bridgehead atoms. The summed E-state index contributed by atoms with van der Waals surface area (Å²) in [5.41, 5.74) is 22.8. The molecule has 13 aliphatic heterocycles. The van der Waals surface area contributed by atoms with E-state index in [-0.39, 0.29) is 37.8 Å². The lowest BCUT2D eigenvalue weighted by Gasteiger charge is -2.60. The second-order valence-electron chi connectivity index (χ2n) is 42.9. The van der Waals surface area contributed by atoms with Crippen LogP contribution in [0.1, 0.15) is 172 Å². The van der Waals surface area contributed by atoms with Gasteiger partial charge in [0.1, 0.15) is 46.0 Å². The number of fused-ring (bicyclic) bond motifs is 13. The number of hydrogen-bond acceptors (Lipinski definition) is 25. The van der Waals surface area contributed by atoms with Crippen LogP contribution in [0.25, 0.3) is 11.0 Å². The van der Waals surface area contributed by atoms with Crippen molar-refractivity contribution in [3.05, 3.63) is 221 Å². The Morgan fingerprint density at radius 3 is 1.38 bits per heavy atom. The Morgan fingerprint density at radius 1 is 0.576 bits per heavy atom. The van der Waals surface area contributed by atoms with Crippen molar-refractivity contribution in [2.75, 3.05) is 164 Å². The number of ether oxygens (including phenoxy) is 2. The maximum atomic E-state index is 11.4. The van der Waals surface area contributed by atoms with Crippen LogP contribution < -0.4 is 21.7 Å². The number of piperidine rings is 13. The summed E-state index contributed by atoms with van der Waals surface area (Å²) < 4.78 is 35.8. The van der Waals surface area contributed by atoms with Gasteiger partial charge in [-0.15, -0.1) is 0 Å². The lowest BCUT2D eigenvalue weighted by Crippen LogP contribution is -2.66. The number of aliphatic carboxylic acids is 1. The number of anilines is 1. The predicted octanol–water partition coefficient (Wildman–Crippen LogP) is 17.6. The molecule has 6 aromatic carbocycles. The number of allylic oxidation sites excluding steroid dienone is 1. The second-order valence-corrected chi connectivity index (χ2v) is 45.8. The molecule has 28 heteroatoms. The number of hydrogen-bond donors (Lipinski definition) is 4. The highest BCUT2D eigenvalue weighted by molar-refractivity contribution is 7.59. The molecule has 7 aliphatic carbocycles. The summed E-state index contributed by atoms with van der Waals surface area (Å²) in [7, 11) is 5.47. The van der Waals surface area contributed by atoms with Gasteiger partial charge in [0.2, 0.25) is 7.37 Å². The second kappa shape index (κ2) is 59.3. The van der Waals surface area contributed by atoms with Crippen LogP contribution in [0.3, 0.4) is 0 Å². The molecule has 20 aliphatic rings. The van der Waals surface area contributed by atoms with Crippen LogP contribution in [-0.2, 0) is 89.4 Å². The predicted molar refractivity (Wildman–Crippen MR) is 575 cm³/mol. The van der Waals surface area contributed by atoms with Crippen molar-refractivity contribution in [1.82, 2.24) is 44.7 Å². The van der Waals surface area contributed by atoms with Crippen molar-refractivity contribution in [2.45, 2.75) is 183 Å². The molecule has 7 saturated carbocycles. The van der Waals surface area contributed by atoms with Crippen molar-refractivity contribution in [1.29, 1.82) is 5.26 Å². The molecule has 1 aromatic heterocycles. The Bertz CT molecular complexity index is 5140. The number of nitrogens with two attached hydrogens (primary N) is 2. The van der Waals surface area contributed by atoms with Crippen molar-refractivity contribution < 1.29 is 61.8 Å². The minimum Gasteiger partial charge on any atom is -0.481 e. The van der Waals surface area contributed by atoms with Gasteiger partial charge in [0.15, 0.2) is 14.2 Å². The number of nitriles is 1. The van der Waals surface area contributed by atoms with E-state index in [1.54, 1.807) is 53.9 Å². The van der Waals surface area contributed by atoms with E-state index >= 15 is 0 Å². The third-order valence-corrected chi connectivity index (χ3v) is 32.9. The number of rotatable bonds is 25. The number of Topliss-reactive ketones (excluding diaryl/α,β-unsaturated/α-hetero) is 5. The molecule has 6 N–H and O–H groups in total. The molecular weight excluding hydrogens is 1850 g/mol. The lowest BCUT2D eigenvalue weighted by atomic mass is 9.58. The zero-order valence-corrected chi connectivity index (χ0v) is 90.2.